The van der Waals surface area contributed by atoms with E-state index in [1.807, 2.05) is 38.1 Å². The number of nitrogens with zero attached hydrogens (tertiary/aromatic N) is 1. The van der Waals surface area contributed by atoms with Gasteiger partial charge in [-0.3, -0.25) is 9.59 Å². The van der Waals surface area contributed by atoms with E-state index in [2.05, 4.69) is 19.2 Å². The normalized spacial score (nSPS) is 12.9. The molecular weight excluding hydrogens is 447 g/mol. The predicted molar refractivity (Wildman–Crippen MR) is 130 cm³/mol. The minimum absolute atomic E-state index is 0.00141. The number of halogens is 2. The van der Waals surface area contributed by atoms with E-state index in [9.17, 15) is 9.59 Å². The van der Waals surface area contributed by atoms with E-state index in [4.69, 9.17) is 27.9 Å². The summed E-state index contributed by atoms with van der Waals surface area (Å²) < 4.78 is 5.72. The van der Waals surface area contributed by atoms with Gasteiger partial charge in [0, 0.05) is 28.2 Å². The molecule has 1 N–H and O–H groups in total. The number of carbonyl (C=O) groups is 2. The van der Waals surface area contributed by atoms with Crippen LogP contribution in [-0.4, -0.2) is 35.4 Å². The lowest BCUT2D eigenvalue weighted by Crippen LogP contribution is -2.50. The molecule has 0 saturated carbocycles. The molecule has 0 fully saturated rings. The van der Waals surface area contributed by atoms with Gasteiger partial charge in [-0.25, -0.2) is 0 Å². The smallest absolute Gasteiger partial charge is 0.261 e. The van der Waals surface area contributed by atoms with Gasteiger partial charge in [-0.2, -0.15) is 0 Å². The molecule has 0 aliphatic carbocycles. The van der Waals surface area contributed by atoms with Gasteiger partial charge in [0.05, 0.1) is 0 Å². The molecule has 2 rings (SSSR count). The van der Waals surface area contributed by atoms with Crippen molar-refractivity contribution in [2.75, 3.05) is 6.61 Å². The van der Waals surface area contributed by atoms with Crippen LogP contribution in [0.25, 0.3) is 0 Å². The van der Waals surface area contributed by atoms with E-state index in [-0.39, 0.29) is 31.0 Å². The summed E-state index contributed by atoms with van der Waals surface area (Å²) in [6.45, 7) is 9.72. The molecule has 0 unspecified atom stereocenters. The van der Waals surface area contributed by atoms with E-state index in [0.29, 0.717) is 27.3 Å². The van der Waals surface area contributed by atoms with Crippen LogP contribution in [0.2, 0.25) is 10.0 Å². The summed E-state index contributed by atoms with van der Waals surface area (Å²) in [6.07, 6.45) is 0.790. The first-order chi connectivity index (χ1) is 15.1. The van der Waals surface area contributed by atoms with Crippen molar-refractivity contribution in [1.82, 2.24) is 10.2 Å². The van der Waals surface area contributed by atoms with Crippen LogP contribution in [0.4, 0.5) is 0 Å². The number of nitrogens with one attached hydrogen (secondary N) is 1. The molecule has 5 nitrogen and oxygen atoms in total. The third-order valence-electron chi connectivity index (χ3n) is 5.47. The van der Waals surface area contributed by atoms with E-state index < -0.39 is 6.04 Å². The molecule has 0 aliphatic heterocycles. The van der Waals surface area contributed by atoms with Crippen molar-refractivity contribution in [3.8, 4) is 5.75 Å². The van der Waals surface area contributed by atoms with Gasteiger partial charge in [-0.05, 0) is 56.0 Å². The summed E-state index contributed by atoms with van der Waals surface area (Å²) in [6, 6.07) is 12.1. The lowest BCUT2D eigenvalue weighted by atomic mass is 10.0. The average molecular weight is 479 g/mol. The zero-order chi connectivity index (χ0) is 23.8. The van der Waals surface area contributed by atoms with Crippen molar-refractivity contribution in [3.63, 3.8) is 0 Å². The van der Waals surface area contributed by atoms with Crippen LogP contribution in [0.5, 0.6) is 5.75 Å². The highest BCUT2D eigenvalue weighted by Gasteiger charge is 2.28. The molecule has 32 heavy (non-hydrogen) atoms. The Morgan fingerprint density at radius 2 is 1.59 bits per heavy atom. The zero-order valence-electron chi connectivity index (χ0n) is 19.3. The molecular formula is C25H32Cl2N2O3. The van der Waals surface area contributed by atoms with Crippen LogP contribution in [0.15, 0.2) is 42.5 Å². The van der Waals surface area contributed by atoms with Gasteiger partial charge >= 0.3 is 0 Å². The second-order valence-electron chi connectivity index (χ2n) is 8.23. The first kappa shape index (κ1) is 26.0. The zero-order valence-corrected chi connectivity index (χ0v) is 20.8. The van der Waals surface area contributed by atoms with Crippen molar-refractivity contribution in [1.29, 1.82) is 0 Å². The molecule has 0 heterocycles. The summed E-state index contributed by atoms with van der Waals surface area (Å²) in [5.74, 6) is 0.430. The number of benzene rings is 2. The van der Waals surface area contributed by atoms with Crippen LogP contribution in [0, 0.1) is 0 Å². The highest BCUT2D eigenvalue weighted by atomic mass is 35.5. The monoisotopic (exact) mass is 478 g/mol. The largest absolute Gasteiger partial charge is 0.484 e. The van der Waals surface area contributed by atoms with Crippen molar-refractivity contribution >= 4 is 35.0 Å². The van der Waals surface area contributed by atoms with Crippen molar-refractivity contribution in [2.24, 2.45) is 0 Å². The van der Waals surface area contributed by atoms with Crippen molar-refractivity contribution in [2.45, 2.75) is 65.6 Å². The lowest BCUT2D eigenvalue weighted by molar-refractivity contribution is -0.142. The highest BCUT2D eigenvalue weighted by Crippen LogP contribution is 2.27. The van der Waals surface area contributed by atoms with Gasteiger partial charge in [-0.1, -0.05) is 62.2 Å². The van der Waals surface area contributed by atoms with Crippen molar-refractivity contribution in [3.05, 3.63) is 63.6 Å². The molecule has 7 heteroatoms. The molecule has 0 radical (unpaired) electrons. The fraction of sp³-hybridized carbons (Fsp3) is 0.440. The van der Waals surface area contributed by atoms with Crippen LogP contribution >= 0.6 is 23.2 Å². The van der Waals surface area contributed by atoms with Crippen molar-refractivity contribution < 1.29 is 14.3 Å². The second-order valence-corrected chi connectivity index (χ2v) is 9.04. The van der Waals surface area contributed by atoms with Gasteiger partial charge in [-0.15, -0.1) is 0 Å². The molecule has 2 aromatic rings. The Bertz CT molecular complexity index is 896. The Kier molecular flexibility index (Phi) is 9.85. The predicted octanol–water partition coefficient (Wildman–Crippen LogP) is 5.83. The molecule has 0 aliphatic rings. The summed E-state index contributed by atoms with van der Waals surface area (Å²) in [5, 5.41) is 3.81. The first-order valence-electron chi connectivity index (χ1n) is 10.9. The Morgan fingerprint density at radius 1 is 1.00 bits per heavy atom. The number of rotatable bonds is 10. The maximum Gasteiger partial charge on any atom is 0.261 e. The maximum absolute atomic E-state index is 13.2. The van der Waals surface area contributed by atoms with Gasteiger partial charge in [0.25, 0.3) is 5.91 Å². The van der Waals surface area contributed by atoms with Crippen LogP contribution in [0.3, 0.4) is 0 Å². The molecule has 0 aromatic heterocycles. The Balaban J connectivity index is 2.20. The van der Waals surface area contributed by atoms with Gasteiger partial charge in [0.15, 0.2) is 6.61 Å². The number of hydrogen-bond acceptors (Lipinski definition) is 3. The quantitative estimate of drug-likeness (QED) is 0.467. The molecule has 174 valence electrons. The summed E-state index contributed by atoms with van der Waals surface area (Å²) in [5.41, 5.74) is 1.78. The fourth-order valence-corrected chi connectivity index (χ4v) is 3.60. The van der Waals surface area contributed by atoms with Gasteiger partial charge < -0.3 is 15.0 Å². The molecule has 0 saturated heterocycles. The second kappa shape index (κ2) is 12.1. The van der Waals surface area contributed by atoms with Crippen LogP contribution in [-0.2, 0) is 16.1 Å². The minimum atomic E-state index is -0.726. The number of carbonyl (C=O) groups excluding carboxylic acids is 2. The van der Waals surface area contributed by atoms with Gasteiger partial charge in [0.2, 0.25) is 5.91 Å². The van der Waals surface area contributed by atoms with E-state index >= 15 is 0 Å². The molecule has 0 spiro atoms. The first-order valence-corrected chi connectivity index (χ1v) is 11.6. The highest BCUT2D eigenvalue weighted by molar-refractivity contribution is 6.36. The molecule has 0 bridgehead atoms. The number of ether oxygens (including phenoxy) is 1. The van der Waals surface area contributed by atoms with Gasteiger partial charge in [0.1, 0.15) is 11.8 Å². The summed E-state index contributed by atoms with van der Waals surface area (Å²) >= 11 is 12.7. The number of amides is 2. The van der Waals surface area contributed by atoms with E-state index in [1.54, 1.807) is 25.1 Å². The number of hydrogen-bond donors (Lipinski definition) is 1. The molecule has 2 atom stereocenters. The topological polar surface area (TPSA) is 58.6 Å². The van der Waals surface area contributed by atoms with Crippen LogP contribution < -0.4 is 10.1 Å². The SMILES string of the molecule is CC[C@H](C)NC(=O)[C@H](C)N(Cc1c(Cl)cccc1Cl)C(=O)COc1ccc(C(C)C)cc1. The Morgan fingerprint density at radius 3 is 2.12 bits per heavy atom. The fourth-order valence-electron chi connectivity index (χ4n) is 3.08. The molecule has 2 aromatic carbocycles. The standard InChI is InChI=1S/C25H32Cl2N2O3/c1-6-17(4)28-25(31)18(5)29(14-21-22(26)8-7-9-23(21)27)24(30)15-32-20-12-10-19(11-13-20)16(2)3/h7-13,16-18H,6,14-15H2,1-5H3,(H,28,31)/t17-,18-/m0/s1. The third-order valence-corrected chi connectivity index (χ3v) is 6.18. The van der Waals surface area contributed by atoms with E-state index in [0.717, 1.165) is 6.42 Å². The van der Waals surface area contributed by atoms with E-state index in [1.165, 1.54) is 10.5 Å². The Hall–Kier alpha value is -2.24. The average Bonchev–Trinajstić information content (AvgIpc) is 2.77. The van der Waals surface area contributed by atoms with Crippen LogP contribution in [0.1, 0.15) is 58.1 Å². The summed E-state index contributed by atoms with van der Waals surface area (Å²) in [4.78, 5) is 27.4. The maximum atomic E-state index is 13.2. The lowest BCUT2D eigenvalue weighted by Gasteiger charge is -2.30. The molecule has 2 amide bonds. The Labute approximate surface area is 201 Å². The summed E-state index contributed by atoms with van der Waals surface area (Å²) in [7, 11) is 0. The minimum Gasteiger partial charge on any atom is -0.484 e. The third kappa shape index (κ3) is 7.14.